The Morgan fingerprint density at radius 2 is 1.94 bits per heavy atom. The van der Waals surface area contributed by atoms with Gasteiger partial charge in [0.25, 0.3) is 0 Å². The van der Waals surface area contributed by atoms with Crippen LogP contribution < -0.4 is 10.1 Å². The maximum absolute atomic E-state index is 13.4. The third kappa shape index (κ3) is 4.62. The molecule has 34 heavy (non-hydrogen) atoms. The summed E-state index contributed by atoms with van der Waals surface area (Å²) in [5.74, 6) is 1.16. The Hall–Kier alpha value is -3.42. The van der Waals surface area contributed by atoms with Gasteiger partial charge in [-0.05, 0) is 36.2 Å². The number of amides is 1. The Morgan fingerprint density at radius 3 is 2.74 bits per heavy atom. The summed E-state index contributed by atoms with van der Waals surface area (Å²) in [5.41, 5.74) is 4.22. The molecule has 170 valence electrons. The fraction of sp³-hybridized carbons (Fsp3) is 0.115. The fourth-order valence-electron chi connectivity index (χ4n) is 3.71. The molecule has 1 aromatic heterocycles. The smallest absolute Gasteiger partial charge is 0.234 e. The first-order valence-electron chi connectivity index (χ1n) is 10.6. The number of carbonyl (C=O) groups is 1. The van der Waals surface area contributed by atoms with Crippen LogP contribution in [0, 0.1) is 12.7 Å². The predicted octanol–water partition coefficient (Wildman–Crippen LogP) is 6.67. The number of ether oxygens (including phenoxy) is 1. The minimum atomic E-state index is -0.536. The Labute approximate surface area is 205 Å². The monoisotopic (exact) mass is 491 g/mol. The van der Waals surface area contributed by atoms with E-state index in [1.54, 1.807) is 0 Å². The number of benzene rings is 3. The van der Waals surface area contributed by atoms with Crippen molar-refractivity contribution in [2.75, 3.05) is 11.1 Å². The summed E-state index contributed by atoms with van der Waals surface area (Å²) in [4.78, 5) is 22.1. The molecular formula is C26H19ClFN3O2S. The van der Waals surface area contributed by atoms with Gasteiger partial charge in [0, 0.05) is 17.7 Å². The molecule has 0 saturated heterocycles. The zero-order valence-electron chi connectivity index (χ0n) is 18.1. The number of aryl methyl sites for hydroxylation is 1. The van der Waals surface area contributed by atoms with Crippen molar-refractivity contribution >= 4 is 35.0 Å². The number of thioether (sulfide) groups is 1. The maximum atomic E-state index is 13.4. The standard InChI is InChI=1S/C26H19ClFN3O2S/c1-15-6-5-9-17-12-19-25(33-23(15)17)30-24(16-7-3-2-4-8-16)31-26(19)34-14-22(32)29-18-10-11-21(28)20(27)13-18/h2-11,13H,12,14H2,1H3,(H,29,32). The molecule has 0 atom stereocenters. The summed E-state index contributed by atoms with van der Waals surface area (Å²) in [7, 11) is 0. The molecular weight excluding hydrogens is 473 g/mol. The zero-order chi connectivity index (χ0) is 23.7. The lowest BCUT2D eigenvalue weighted by Crippen LogP contribution is -2.15. The van der Waals surface area contributed by atoms with Crippen LogP contribution in [0.4, 0.5) is 10.1 Å². The van der Waals surface area contributed by atoms with Gasteiger partial charge in [0.2, 0.25) is 11.8 Å². The van der Waals surface area contributed by atoms with Crippen molar-refractivity contribution in [3.8, 4) is 23.0 Å². The number of nitrogens with zero attached hydrogens (tertiary/aromatic N) is 2. The van der Waals surface area contributed by atoms with E-state index in [4.69, 9.17) is 26.3 Å². The third-order valence-electron chi connectivity index (χ3n) is 5.37. The second kappa shape index (κ2) is 9.44. The zero-order valence-corrected chi connectivity index (χ0v) is 19.7. The van der Waals surface area contributed by atoms with Crippen molar-refractivity contribution in [1.82, 2.24) is 9.97 Å². The minimum absolute atomic E-state index is 0.0473. The summed E-state index contributed by atoms with van der Waals surface area (Å²) in [6.45, 7) is 2.00. The second-order valence-corrected chi connectivity index (χ2v) is 9.18. The van der Waals surface area contributed by atoms with E-state index in [2.05, 4.69) is 5.32 Å². The SMILES string of the molecule is Cc1cccc2c1Oc1nc(-c3ccccc3)nc(SCC(=O)Nc3ccc(F)c(Cl)c3)c1C2. The molecule has 1 N–H and O–H groups in total. The molecule has 2 heterocycles. The van der Waals surface area contributed by atoms with E-state index in [0.29, 0.717) is 28.8 Å². The summed E-state index contributed by atoms with van der Waals surface area (Å²) >= 11 is 7.12. The topological polar surface area (TPSA) is 64.1 Å². The molecule has 4 aromatic rings. The predicted molar refractivity (Wildman–Crippen MR) is 132 cm³/mol. The summed E-state index contributed by atoms with van der Waals surface area (Å²) in [6.07, 6.45) is 0.610. The number of para-hydroxylation sites is 1. The number of aromatic nitrogens is 2. The average Bonchev–Trinajstić information content (AvgIpc) is 2.84. The van der Waals surface area contributed by atoms with Crippen molar-refractivity contribution in [2.24, 2.45) is 0 Å². The van der Waals surface area contributed by atoms with E-state index in [1.807, 2.05) is 55.5 Å². The van der Waals surface area contributed by atoms with E-state index in [9.17, 15) is 9.18 Å². The first kappa shape index (κ1) is 22.4. The molecule has 0 bridgehead atoms. The highest BCUT2D eigenvalue weighted by Crippen LogP contribution is 2.41. The highest BCUT2D eigenvalue weighted by Gasteiger charge is 2.25. The first-order valence-corrected chi connectivity index (χ1v) is 11.9. The van der Waals surface area contributed by atoms with Gasteiger partial charge in [-0.1, -0.05) is 71.9 Å². The van der Waals surface area contributed by atoms with Crippen LogP contribution in [0.5, 0.6) is 11.6 Å². The minimum Gasteiger partial charge on any atom is -0.438 e. The summed E-state index contributed by atoms with van der Waals surface area (Å²) in [6, 6.07) is 19.7. The van der Waals surface area contributed by atoms with Gasteiger partial charge in [-0.25, -0.2) is 9.37 Å². The van der Waals surface area contributed by atoms with Crippen molar-refractivity contribution in [3.05, 3.63) is 94.3 Å². The Balaban J connectivity index is 1.44. The molecule has 0 saturated carbocycles. The molecule has 0 radical (unpaired) electrons. The fourth-order valence-corrected chi connectivity index (χ4v) is 4.71. The molecule has 0 unspecified atom stereocenters. The Kier molecular flexibility index (Phi) is 6.22. The quantitative estimate of drug-likeness (QED) is 0.220. The summed E-state index contributed by atoms with van der Waals surface area (Å²) < 4.78 is 19.6. The number of anilines is 1. The lowest BCUT2D eigenvalue weighted by molar-refractivity contribution is -0.113. The van der Waals surface area contributed by atoms with Crippen LogP contribution in [-0.4, -0.2) is 21.6 Å². The van der Waals surface area contributed by atoms with Crippen molar-refractivity contribution in [2.45, 2.75) is 18.4 Å². The van der Waals surface area contributed by atoms with Crippen LogP contribution in [0.25, 0.3) is 11.4 Å². The number of halogens is 2. The van der Waals surface area contributed by atoms with E-state index in [0.717, 1.165) is 28.0 Å². The largest absolute Gasteiger partial charge is 0.438 e. The van der Waals surface area contributed by atoms with Crippen LogP contribution in [0.15, 0.2) is 71.8 Å². The molecule has 0 spiro atoms. The molecule has 1 amide bonds. The van der Waals surface area contributed by atoms with Crippen LogP contribution >= 0.6 is 23.4 Å². The van der Waals surface area contributed by atoms with Crippen molar-refractivity contribution < 1.29 is 13.9 Å². The van der Waals surface area contributed by atoms with Gasteiger partial charge in [-0.3, -0.25) is 4.79 Å². The van der Waals surface area contributed by atoms with Crippen molar-refractivity contribution in [3.63, 3.8) is 0 Å². The molecule has 1 aliphatic rings. The van der Waals surface area contributed by atoms with E-state index >= 15 is 0 Å². The van der Waals surface area contributed by atoms with Crippen LogP contribution in [-0.2, 0) is 11.2 Å². The van der Waals surface area contributed by atoms with Gasteiger partial charge >= 0.3 is 0 Å². The van der Waals surface area contributed by atoms with Gasteiger partial charge in [0.15, 0.2) is 5.82 Å². The summed E-state index contributed by atoms with van der Waals surface area (Å²) in [5, 5.41) is 3.38. The second-order valence-electron chi connectivity index (χ2n) is 7.81. The lowest BCUT2D eigenvalue weighted by Gasteiger charge is -2.23. The van der Waals surface area contributed by atoms with Crippen LogP contribution in [0.1, 0.15) is 16.7 Å². The molecule has 5 rings (SSSR count). The molecule has 0 aliphatic carbocycles. The lowest BCUT2D eigenvalue weighted by atomic mass is 10.0. The van der Waals surface area contributed by atoms with Gasteiger partial charge in [-0.2, -0.15) is 4.98 Å². The molecule has 8 heteroatoms. The number of hydrogen-bond donors (Lipinski definition) is 1. The highest BCUT2D eigenvalue weighted by atomic mass is 35.5. The number of fused-ring (bicyclic) bond motifs is 2. The maximum Gasteiger partial charge on any atom is 0.234 e. The number of carbonyl (C=O) groups excluding carboxylic acids is 1. The highest BCUT2D eigenvalue weighted by molar-refractivity contribution is 8.00. The first-order chi connectivity index (χ1) is 16.5. The van der Waals surface area contributed by atoms with Gasteiger partial charge in [0.1, 0.15) is 16.6 Å². The average molecular weight is 492 g/mol. The third-order valence-corrected chi connectivity index (χ3v) is 6.67. The Morgan fingerprint density at radius 1 is 1.12 bits per heavy atom. The molecule has 5 nitrogen and oxygen atoms in total. The van der Waals surface area contributed by atoms with E-state index in [1.165, 1.54) is 30.0 Å². The van der Waals surface area contributed by atoms with Gasteiger partial charge in [0.05, 0.1) is 16.3 Å². The van der Waals surface area contributed by atoms with Crippen molar-refractivity contribution in [1.29, 1.82) is 0 Å². The number of rotatable bonds is 5. The molecule has 0 fully saturated rings. The van der Waals surface area contributed by atoms with E-state index in [-0.39, 0.29) is 16.7 Å². The van der Waals surface area contributed by atoms with E-state index < -0.39 is 5.82 Å². The molecule has 1 aliphatic heterocycles. The number of nitrogens with one attached hydrogen (secondary N) is 1. The van der Waals surface area contributed by atoms with Gasteiger partial charge in [-0.15, -0.1) is 0 Å². The number of hydrogen-bond acceptors (Lipinski definition) is 5. The Bertz CT molecular complexity index is 1400. The normalized spacial score (nSPS) is 11.9. The molecule has 3 aromatic carbocycles. The van der Waals surface area contributed by atoms with Crippen LogP contribution in [0.3, 0.4) is 0 Å². The van der Waals surface area contributed by atoms with Gasteiger partial charge < -0.3 is 10.1 Å². The van der Waals surface area contributed by atoms with Crippen LogP contribution in [0.2, 0.25) is 5.02 Å².